The number of aromatic amines is 1. The first-order valence-corrected chi connectivity index (χ1v) is 7.93. The zero-order valence-electron chi connectivity index (χ0n) is 12.8. The second-order valence-corrected chi connectivity index (χ2v) is 6.09. The van der Waals surface area contributed by atoms with E-state index in [4.69, 9.17) is 0 Å². The van der Waals surface area contributed by atoms with Crippen LogP contribution >= 0.6 is 15.9 Å². The van der Waals surface area contributed by atoms with Crippen LogP contribution in [0, 0.1) is 5.82 Å². The average molecular weight is 432 g/mol. The highest BCUT2D eigenvalue weighted by Gasteiger charge is 2.34. The van der Waals surface area contributed by atoms with Crippen molar-refractivity contribution in [2.24, 2.45) is 0 Å². The van der Waals surface area contributed by atoms with Gasteiger partial charge in [-0.2, -0.15) is 23.4 Å². The molecule has 0 saturated carbocycles. The molecular weight excluding hydrogens is 422 g/mol. The van der Waals surface area contributed by atoms with E-state index in [9.17, 15) is 22.4 Å². The van der Waals surface area contributed by atoms with Crippen LogP contribution in [0.3, 0.4) is 0 Å². The number of alkyl halides is 3. The Morgan fingerprint density at radius 3 is 2.69 bits per heavy atom. The largest absolute Gasteiger partial charge is 0.432 e. The quantitative estimate of drug-likeness (QED) is 0.616. The van der Waals surface area contributed by atoms with Gasteiger partial charge in [-0.1, -0.05) is 18.2 Å². The van der Waals surface area contributed by atoms with Crippen molar-refractivity contribution in [3.63, 3.8) is 0 Å². The molecule has 0 aliphatic rings. The third-order valence-corrected chi connectivity index (χ3v) is 3.94. The normalized spacial score (nSPS) is 11.6. The van der Waals surface area contributed by atoms with E-state index in [1.807, 2.05) is 0 Å². The van der Waals surface area contributed by atoms with E-state index in [1.54, 1.807) is 23.3 Å². The number of carbonyl (C=O) groups is 1. The second kappa shape index (κ2) is 6.90. The first kappa shape index (κ1) is 18.1. The lowest BCUT2D eigenvalue weighted by molar-refractivity contribution is -0.141. The molecule has 0 aliphatic carbocycles. The summed E-state index contributed by atoms with van der Waals surface area (Å²) < 4.78 is 53.1. The van der Waals surface area contributed by atoms with Crippen molar-refractivity contribution in [3.05, 3.63) is 63.8 Å². The minimum absolute atomic E-state index is 0.0721. The monoisotopic (exact) mass is 431 g/mol. The highest BCUT2D eigenvalue weighted by Crippen LogP contribution is 2.28. The number of aromatic nitrogens is 4. The first-order chi connectivity index (χ1) is 12.2. The maximum Gasteiger partial charge on any atom is 0.432 e. The average Bonchev–Trinajstić information content (AvgIpc) is 3.17. The van der Waals surface area contributed by atoms with Gasteiger partial charge >= 0.3 is 6.18 Å². The fourth-order valence-corrected chi connectivity index (χ4v) is 2.53. The summed E-state index contributed by atoms with van der Waals surface area (Å²) in [6, 6.07) is 6.73. The van der Waals surface area contributed by atoms with Crippen LogP contribution in [0.4, 0.5) is 23.4 Å². The number of H-pyrrole nitrogens is 1. The molecule has 2 heterocycles. The van der Waals surface area contributed by atoms with Gasteiger partial charge in [0.2, 0.25) is 0 Å². The maximum absolute atomic E-state index is 13.7. The predicted molar refractivity (Wildman–Crippen MR) is 87.0 cm³/mol. The summed E-state index contributed by atoms with van der Waals surface area (Å²) in [5, 5.41) is 11.5. The molecule has 2 aromatic heterocycles. The Labute approximate surface area is 152 Å². The third-order valence-electron chi connectivity index (χ3n) is 3.36. The fourth-order valence-electron chi connectivity index (χ4n) is 2.12. The predicted octanol–water partition coefficient (Wildman–Crippen LogP) is 3.83. The second-order valence-electron chi connectivity index (χ2n) is 5.23. The molecule has 0 aliphatic heterocycles. The van der Waals surface area contributed by atoms with Crippen molar-refractivity contribution in [2.45, 2.75) is 12.7 Å². The van der Waals surface area contributed by atoms with Crippen LogP contribution in [0.1, 0.15) is 21.7 Å². The smallest absolute Gasteiger partial charge is 0.303 e. The number of halogens is 5. The van der Waals surface area contributed by atoms with E-state index in [2.05, 4.69) is 31.4 Å². The Morgan fingerprint density at radius 1 is 1.31 bits per heavy atom. The summed E-state index contributed by atoms with van der Waals surface area (Å²) in [5.74, 6) is -1.20. The van der Waals surface area contributed by atoms with Gasteiger partial charge in [0.05, 0.1) is 11.0 Å². The number of rotatable bonds is 4. The Bertz CT molecular complexity index is 950. The molecule has 0 fully saturated rings. The number of benzene rings is 1. The van der Waals surface area contributed by atoms with Crippen LogP contribution in [-0.4, -0.2) is 25.9 Å². The van der Waals surface area contributed by atoms with Crippen molar-refractivity contribution in [1.82, 2.24) is 20.0 Å². The molecule has 1 aromatic carbocycles. The van der Waals surface area contributed by atoms with Gasteiger partial charge in [-0.15, -0.1) is 0 Å². The van der Waals surface area contributed by atoms with Crippen LogP contribution in [0.5, 0.6) is 0 Å². The SMILES string of the molecule is O=C(Nc1nn(Cc2ccccc2F)cc1Br)c1cc(C(F)(F)F)[nH]n1. The molecule has 26 heavy (non-hydrogen) atoms. The van der Waals surface area contributed by atoms with Crippen molar-refractivity contribution in [1.29, 1.82) is 0 Å². The Balaban J connectivity index is 1.74. The summed E-state index contributed by atoms with van der Waals surface area (Å²) in [6.07, 6.45) is -3.12. The van der Waals surface area contributed by atoms with E-state index in [0.717, 1.165) is 0 Å². The molecular formula is C15H10BrF4N5O. The maximum atomic E-state index is 13.7. The van der Waals surface area contributed by atoms with Crippen LogP contribution < -0.4 is 5.32 Å². The summed E-state index contributed by atoms with van der Waals surface area (Å²) in [5.41, 5.74) is -1.18. The van der Waals surface area contributed by atoms with Crippen LogP contribution in [0.2, 0.25) is 0 Å². The van der Waals surface area contributed by atoms with E-state index in [0.29, 0.717) is 16.1 Å². The van der Waals surface area contributed by atoms with E-state index >= 15 is 0 Å². The molecule has 0 spiro atoms. The molecule has 2 N–H and O–H groups in total. The van der Waals surface area contributed by atoms with Gasteiger partial charge in [-0.25, -0.2) is 4.39 Å². The Kier molecular flexibility index (Phi) is 4.81. The van der Waals surface area contributed by atoms with Gasteiger partial charge in [-0.3, -0.25) is 14.6 Å². The number of hydrogen-bond acceptors (Lipinski definition) is 3. The number of nitrogens with zero attached hydrogens (tertiary/aromatic N) is 3. The highest BCUT2D eigenvalue weighted by molar-refractivity contribution is 9.10. The summed E-state index contributed by atoms with van der Waals surface area (Å²) >= 11 is 3.19. The van der Waals surface area contributed by atoms with E-state index in [-0.39, 0.29) is 12.4 Å². The number of carbonyl (C=O) groups excluding carboxylic acids is 1. The fraction of sp³-hybridized carbons (Fsp3) is 0.133. The standard InChI is InChI=1S/C15H10BrF4N5O/c16-9-7-25(6-8-3-1-2-4-10(8)17)24-13(9)21-14(26)11-5-12(23-22-11)15(18,19)20/h1-5,7H,6H2,(H,22,23)(H,21,24,26). The van der Waals surface area contributed by atoms with E-state index < -0.39 is 29.3 Å². The zero-order valence-corrected chi connectivity index (χ0v) is 14.4. The molecule has 6 nitrogen and oxygen atoms in total. The molecule has 0 unspecified atom stereocenters. The molecule has 0 bridgehead atoms. The number of hydrogen-bond donors (Lipinski definition) is 2. The third kappa shape index (κ3) is 3.93. The number of nitrogens with one attached hydrogen (secondary N) is 2. The molecule has 1 amide bonds. The van der Waals surface area contributed by atoms with Gasteiger partial charge in [0.1, 0.15) is 11.5 Å². The molecule has 3 rings (SSSR count). The van der Waals surface area contributed by atoms with Crippen LogP contribution in [-0.2, 0) is 12.7 Å². The number of amides is 1. The lowest BCUT2D eigenvalue weighted by Crippen LogP contribution is -2.14. The van der Waals surface area contributed by atoms with Crippen LogP contribution in [0.25, 0.3) is 0 Å². The summed E-state index contributed by atoms with van der Waals surface area (Å²) in [7, 11) is 0. The van der Waals surface area contributed by atoms with Gasteiger partial charge in [0.25, 0.3) is 5.91 Å². The highest BCUT2D eigenvalue weighted by atomic mass is 79.9. The first-order valence-electron chi connectivity index (χ1n) is 7.14. The Morgan fingerprint density at radius 2 is 2.04 bits per heavy atom. The number of anilines is 1. The molecule has 136 valence electrons. The van der Waals surface area contributed by atoms with Crippen molar-refractivity contribution >= 4 is 27.7 Å². The van der Waals surface area contributed by atoms with Crippen LogP contribution in [0.15, 0.2) is 41.0 Å². The molecule has 0 atom stereocenters. The molecule has 3 aromatic rings. The minimum atomic E-state index is -4.63. The molecule has 11 heteroatoms. The van der Waals surface area contributed by atoms with Gasteiger partial charge in [0, 0.05) is 17.8 Å². The van der Waals surface area contributed by atoms with Gasteiger partial charge < -0.3 is 5.32 Å². The topological polar surface area (TPSA) is 75.6 Å². The lowest BCUT2D eigenvalue weighted by Gasteiger charge is -2.03. The summed E-state index contributed by atoms with van der Waals surface area (Å²) in [4.78, 5) is 12.0. The van der Waals surface area contributed by atoms with Crippen molar-refractivity contribution in [2.75, 3.05) is 5.32 Å². The molecule has 0 radical (unpaired) electrons. The van der Waals surface area contributed by atoms with Gasteiger partial charge in [0.15, 0.2) is 11.5 Å². The molecule has 0 saturated heterocycles. The van der Waals surface area contributed by atoms with E-state index in [1.165, 1.54) is 16.9 Å². The van der Waals surface area contributed by atoms with Crippen molar-refractivity contribution in [3.8, 4) is 0 Å². The lowest BCUT2D eigenvalue weighted by atomic mass is 10.2. The summed E-state index contributed by atoms with van der Waals surface area (Å²) in [6.45, 7) is 0.113. The Hall–Kier alpha value is -2.69. The minimum Gasteiger partial charge on any atom is -0.303 e. The zero-order chi connectivity index (χ0) is 18.9. The van der Waals surface area contributed by atoms with Gasteiger partial charge in [-0.05, 0) is 22.0 Å². The van der Waals surface area contributed by atoms with Crippen molar-refractivity contribution < 1.29 is 22.4 Å².